The minimum absolute atomic E-state index is 0.0175. The lowest BCUT2D eigenvalue weighted by molar-refractivity contribution is -0.119. The van der Waals surface area contributed by atoms with Crippen molar-refractivity contribution < 1.29 is 9.59 Å². The van der Waals surface area contributed by atoms with E-state index in [1.807, 2.05) is 19.2 Å². The normalized spacial score (nSPS) is 22.4. The van der Waals surface area contributed by atoms with Gasteiger partial charge >= 0.3 is 0 Å². The van der Waals surface area contributed by atoms with Crippen LogP contribution in [0.3, 0.4) is 0 Å². The van der Waals surface area contributed by atoms with E-state index in [0.717, 1.165) is 17.0 Å². The fraction of sp³-hybridized carbons (Fsp3) is 0.500. The van der Waals surface area contributed by atoms with Crippen molar-refractivity contribution in [3.05, 3.63) is 22.8 Å². The van der Waals surface area contributed by atoms with Crippen molar-refractivity contribution in [2.45, 2.75) is 18.2 Å². The van der Waals surface area contributed by atoms with Crippen molar-refractivity contribution in [1.82, 2.24) is 10.2 Å². The first-order chi connectivity index (χ1) is 8.63. The van der Waals surface area contributed by atoms with Crippen molar-refractivity contribution in [2.75, 3.05) is 20.1 Å². The number of hydrogen-bond donors (Lipinski definition) is 2. The molecule has 3 N–H and O–H groups in total. The van der Waals surface area contributed by atoms with Crippen LogP contribution >= 0.6 is 11.8 Å². The topological polar surface area (TPSA) is 75.4 Å². The maximum absolute atomic E-state index is 11.8. The van der Waals surface area contributed by atoms with Gasteiger partial charge in [-0.25, -0.2) is 0 Å². The summed E-state index contributed by atoms with van der Waals surface area (Å²) in [6.45, 7) is 0.597. The number of rotatable bonds is 4. The fourth-order valence-corrected chi connectivity index (χ4v) is 3.35. The van der Waals surface area contributed by atoms with Gasteiger partial charge in [0.1, 0.15) is 0 Å². The molecule has 2 rings (SSSR count). The van der Waals surface area contributed by atoms with E-state index in [1.165, 1.54) is 0 Å². The highest BCUT2D eigenvalue weighted by Gasteiger charge is 2.32. The van der Waals surface area contributed by atoms with Crippen molar-refractivity contribution in [2.24, 2.45) is 5.73 Å². The Hall–Kier alpha value is -1.27. The SMILES string of the molecule is CN1C2=C(SC1CCNC(=O)CN)C(=O)CC=C2. The van der Waals surface area contributed by atoms with Crippen LogP contribution in [0, 0.1) is 0 Å². The zero-order valence-corrected chi connectivity index (χ0v) is 11.1. The quantitative estimate of drug-likeness (QED) is 0.761. The van der Waals surface area contributed by atoms with Gasteiger partial charge in [-0.2, -0.15) is 0 Å². The Bertz CT molecular complexity index is 431. The molecule has 6 heteroatoms. The molecule has 5 nitrogen and oxygen atoms in total. The third-order valence-corrected chi connectivity index (χ3v) is 4.53. The second-order valence-corrected chi connectivity index (χ2v) is 5.46. The summed E-state index contributed by atoms with van der Waals surface area (Å²) >= 11 is 1.59. The molecule has 1 aliphatic heterocycles. The van der Waals surface area contributed by atoms with Gasteiger partial charge in [0.2, 0.25) is 5.91 Å². The number of carbonyl (C=O) groups is 2. The number of nitrogens with one attached hydrogen (secondary N) is 1. The van der Waals surface area contributed by atoms with Crippen LogP contribution in [0.4, 0.5) is 0 Å². The first kappa shape index (κ1) is 13.2. The first-order valence-electron chi connectivity index (χ1n) is 5.93. The molecule has 2 aliphatic rings. The minimum atomic E-state index is -0.144. The molecule has 1 amide bonds. The van der Waals surface area contributed by atoms with Crippen LogP contribution in [-0.4, -0.2) is 42.1 Å². The number of allylic oxidation sites excluding steroid dienone is 3. The number of Topliss-reactive ketones (excluding diaryl/α,β-unsaturated/α-hetero) is 1. The Kier molecular flexibility index (Phi) is 4.08. The van der Waals surface area contributed by atoms with Crippen LogP contribution in [0.25, 0.3) is 0 Å². The summed E-state index contributed by atoms with van der Waals surface area (Å²) in [5.74, 6) is 0.0483. The van der Waals surface area contributed by atoms with E-state index in [4.69, 9.17) is 5.73 Å². The number of amides is 1. The summed E-state index contributed by atoms with van der Waals surface area (Å²) < 4.78 is 0. The van der Waals surface area contributed by atoms with Gasteiger partial charge in [-0.3, -0.25) is 9.59 Å². The van der Waals surface area contributed by atoms with Crippen molar-refractivity contribution in [3.8, 4) is 0 Å². The van der Waals surface area contributed by atoms with Crippen molar-refractivity contribution in [1.29, 1.82) is 0 Å². The Morgan fingerprint density at radius 3 is 3.11 bits per heavy atom. The predicted molar refractivity (Wildman–Crippen MR) is 71.6 cm³/mol. The highest BCUT2D eigenvalue weighted by Crippen LogP contribution is 2.41. The summed E-state index contributed by atoms with van der Waals surface area (Å²) in [6, 6.07) is 0. The maximum atomic E-state index is 11.8. The van der Waals surface area contributed by atoms with Gasteiger partial charge in [0, 0.05) is 20.0 Å². The minimum Gasteiger partial charge on any atom is -0.361 e. The van der Waals surface area contributed by atoms with Crippen LogP contribution < -0.4 is 11.1 Å². The molecule has 0 saturated carbocycles. The van der Waals surface area contributed by atoms with Crippen LogP contribution in [0.15, 0.2) is 22.8 Å². The van der Waals surface area contributed by atoms with Gasteiger partial charge in [0.05, 0.1) is 22.5 Å². The van der Waals surface area contributed by atoms with E-state index in [1.54, 1.807) is 11.8 Å². The Balaban J connectivity index is 1.89. The zero-order valence-electron chi connectivity index (χ0n) is 10.3. The van der Waals surface area contributed by atoms with Gasteiger partial charge < -0.3 is 16.0 Å². The summed E-state index contributed by atoms with van der Waals surface area (Å²) in [5.41, 5.74) is 6.22. The number of nitrogens with zero attached hydrogens (tertiary/aromatic N) is 1. The van der Waals surface area contributed by atoms with E-state index in [9.17, 15) is 9.59 Å². The number of hydrogen-bond acceptors (Lipinski definition) is 5. The molecule has 0 saturated heterocycles. The van der Waals surface area contributed by atoms with Gasteiger partial charge in [0.15, 0.2) is 5.78 Å². The highest BCUT2D eigenvalue weighted by atomic mass is 32.2. The van der Waals surface area contributed by atoms with Crippen molar-refractivity contribution in [3.63, 3.8) is 0 Å². The molecule has 0 spiro atoms. The van der Waals surface area contributed by atoms with Crippen LogP contribution in [0.2, 0.25) is 0 Å². The summed E-state index contributed by atoms with van der Waals surface area (Å²) in [5, 5.41) is 2.96. The van der Waals surface area contributed by atoms with E-state index >= 15 is 0 Å². The first-order valence-corrected chi connectivity index (χ1v) is 6.81. The van der Waals surface area contributed by atoms with E-state index in [-0.39, 0.29) is 23.6 Å². The van der Waals surface area contributed by atoms with Gasteiger partial charge in [-0.05, 0) is 12.5 Å². The van der Waals surface area contributed by atoms with Gasteiger partial charge in [-0.15, -0.1) is 0 Å². The molecule has 98 valence electrons. The molecule has 1 aliphatic carbocycles. The largest absolute Gasteiger partial charge is 0.361 e. The van der Waals surface area contributed by atoms with Gasteiger partial charge in [0.25, 0.3) is 0 Å². The molecular formula is C12H17N3O2S. The lowest BCUT2D eigenvalue weighted by atomic mass is 10.1. The molecule has 0 aromatic rings. The number of ketones is 1. The van der Waals surface area contributed by atoms with E-state index in [2.05, 4.69) is 10.2 Å². The summed E-state index contributed by atoms with van der Waals surface area (Å²) in [4.78, 5) is 25.7. The number of likely N-dealkylation sites (N-methyl/N-ethyl adjacent to an activating group) is 1. The average molecular weight is 267 g/mol. The molecule has 0 aromatic heterocycles. The predicted octanol–water partition coefficient (Wildman–Crippen LogP) is 0.197. The Labute approximate surface area is 110 Å². The van der Waals surface area contributed by atoms with Crippen LogP contribution in [0.5, 0.6) is 0 Å². The van der Waals surface area contributed by atoms with E-state index in [0.29, 0.717) is 13.0 Å². The highest BCUT2D eigenvalue weighted by molar-refractivity contribution is 8.04. The molecule has 0 radical (unpaired) electrons. The molecule has 18 heavy (non-hydrogen) atoms. The second kappa shape index (κ2) is 5.58. The molecule has 0 bridgehead atoms. The molecule has 1 heterocycles. The molecule has 1 unspecified atom stereocenters. The Morgan fingerprint density at radius 1 is 1.67 bits per heavy atom. The Morgan fingerprint density at radius 2 is 2.44 bits per heavy atom. The number of nitrogens with two attached hydrogens (primary N) is 1. The van der Waals surface area contributed by atoms with E-state index < -0.39 is 0 Å². The van der Waals surface area contributed by atoms with Crippen LogP contribution in [-0.2, 0) is 9.59 Å². The number of carbonyl (C=O) groups excluding carboxylic acids is 2. The lowest BCUT2D eigenvalue weighted by Crippen LogP contribution is -2.34. The average Bonchev–Trinajstić information content (AvgIpc) is 2.69. The van der Waals surface area contributed by atoms with Crippen LogP contribution in [0.1, 0.15) is 12.8 Å². The molecule has 1 atom stereocenters. The summed E-state index contributed by atoms with van der Waals surface area (Å²) in [7, 11) is 1.98. The summed E-state index contributed by atoms with van der Waals surface area (Å²) in [6.07, 6.45) is 5.19. The molecule has 0 aromatic carbocycles. The number of thioether (sulfide) groups is 1. The monoisotopic (exact) mass is 267 g/mol. The maximum Gasteiger partial charge on any atom is 0.233 e. The third kappa shape index (κ3) is 2.59. The molecular weight excluding hydrogens is 250 g/mol. The lowest BCUT2D eigenvalue weighted by Gasteiger charge is -2.23. The second-order valence-electron chi connectivity index (χ2n) is 4.27. The third-order valence-electron chi connectivity index (χ3n) is 3.03. The van der Waals surface area contributed by atoms with Crippen molar-refractivity contribution >= 4 is 23.5 Å². The smallest absolute Gasteiger partial charge is 0.233 e. The molecule has 0 fully saturated rings. The van der Waals surface area contributed by atoms with Gasteiger partial charge in [-0.1, -0.05) is 17.8 Å². The standard InChI is InChI=1S/C12H17N3O2S/c1-15-8-3-2-4-9(16)12(8)18-11(15)5-6-14-10(17)7-13/h2-3,11H,4-7,13H2,1H3,(H,14,17). The zero-order chi connectivity index (χ0) is 13.1. The fourth-order valence-electron chi connectivity index (χ4n) is 2.02.